The average molecular weight is 195 g/mol. The average Bonchev–Trinajstić information content (AvgIpc) is 2.57. The molecule has 0 aliphatic heterocycles. The van der Waals surface area contributed by atoms with Crippen LogP contribution in [0.1, 0.15) is 25.6 Å². The molecule has 4 nitrogen and oxygen atoms in total. The zero-order chi connectivity index (χ0) is 9.97. The number of ether oxygens (including phenoxy) is 1. The van der Waals surface area contributed by atoms with E-state index < -0.39 is 0 Å². The van der Waals surface area contributed by atoms with Gasteiger partial charge in [0.05, 0.1) is 6.10 Å². The van der Waals surface area contributed by atoms with Gasteiger partial charge in [-0.25, -0.2) is 4.98 Å². The van der Waals surface area contributed by atoms with Gasteiger partial charge in [0, 0.05) is 25.0 Å². The maximum atomic E-state index is 5.67. The van der Waals surface area contributed by atoms with E-state index in [1.54, 1.807) is 0 Å². The predicted molar refractivity (Wildman–Crippen MR) is 53.7 cm³/mol. The quantitative estimate of drug-likeness (QED) is 0.777. The SMILES string of the molecule is CCn1ccnc1COC1CC(N)C1. The molecule has 0 amide bonds. The Morgan fingerprint density at radius 1 is 1.64 bits per heavy atom. The summed E-state index contributed by atoms with van der Waals surface area (Å²) in [5.41, 5.74) is 5.67. The van der Waals surface area contributed by atoms with Crippen molar-refractivity contribution < 1.29 is 4.74 Å². The summed E-state index contributed by atoms with van der Waals surface area (Å²) in [6.45, 7) is 3.66. The van der Waals surface area contributed by atoms with Crippen LogP contribution in [0.15, 0.2) is 12.4 Å². The van der Waals surface area contributed by atoms with Gasteiger partial charge in [0.1, 0.15) is 12.4 Å². The standard InChI is InChI=1S/C10H17N3O/c1-2-13-4-3-12-10(13)7-14-9-5-8(11)6-9/h3-4,8-9H,2,5-7,11H2,1H3. The molecule has 4 heteroatoms. The van der Waals surface area contributed by atoms with Crippen molar-refractivity contribution in [3.05, 3.63) is 18.2 Å². The first-order valence-electron chi connectivity index (χ1n) is 5.16. The lowest BCUT2D eigenvalue weighted by atomic mass is 9.90. The Bertz CT molecular complexity index is 291. The lowest BCUT2D eigenvalue weighted by molar-refractivity contribution is -0.0225. The van der Waals surface area contributed by atoms with Crippen molar-refractivity contribution in [3.63, 3.8) is 0 Å². The number of nitrogens with zero attached hydrogens (tertiary/aromatic N) is 2. The molecule has 78 valence electrons. The summed E-state index contributed by atoms with van der Waals surface area (Å²) >= 11 is 0. The Morgan fingerprint density at radius 2 is 2.43 bits per heavy atom. The van der Waals surface area contributed by atoms with E-state index in [0.29, 0.717) is 18.8 Å². The molecule has 1 heterocycles. The lowest BCUT2D eigenvalue weighted by Crippen LogP contribution is -2.41. The predicted octanol–water partition coefficient (Wildman–Crippen LogP) is 0.909. The van der Waals surface area contributed by atoms with Crippen molar-refractivity contribution >= 4 is 0 Å². The molecule has 0 bridgehead atoms. The molecule has 14 heavy (non-hydrogen) atoms. The second-order valence-corrected chi connectivity index (χ2v) is 3.79. The fourth-order valence-electron chi connectivity index (χ4n) is 1.70. The number of hydrogen-bond donors (Lipinski definition) is 1. The number of rotatable bonds is 4. The Balaban J connectivity index is 1.80. The van der Waals surface area contributed by atoms with Crippen molar-refractivity contribution in [2.45, 2.75) is 45.1 Å². The van der Waals surface area contributed by atoms with Crippen molar-refractivity contribution in [1.82, 2.24) is 9.55 Å². The molecule has 0 radical (unpaired) electrons. The van der Waals surface area contributed by atoms with Crippen LogP contribution in [0.2, 0.25) is 0 Å². The Kier molecular flexibility index (Phi) is 2.84. The summed E-state index contributed by atoms with van der Waals surface area (Å²) in [7, 11) is 0. The van der Waals surface area contributed by atoms with Gasteiger partial charge in [0.25, 0.3) is 0 Å². The Hall–Kier alpha value is -0.870. The van der Waals surface area contributed by atoms with Crippen LogP contribution in [0.5, 0.6) is 0 Å². The van der Waals surface area contributed by atoms with Gasteiger partial charge in [0.2, 0.25) is 0 Å². The first-order chi connectivity index (χ1) is 6.79. The fourth-order valence-corrected chi connectivity index (χ4v) is 1.70. The molecule has 0 spiro atoms. The highest BCUT2D eigenvalue weighted by atomic mass is 16.5. The summed E-state index contributed by atoms with van der Waals surface area (Å²) in [5.74, 6) is 1.01. The largest absolute Gasteiger partial charge is 0.370 e. The molecule has 1 fully saturated rings. The molecule has 1 saturated carbocycles. The molecular weight excluding hydrogens is 178 g/mol. The molecule has 1 aromatic heterocycles. The molecule has 0 unspecified atom stereocenters. The first kappa shape index (κ1) is 9.68. The van der Waals surface area contributed by atoms with E-state index in [9.17, 15) is 0 Å². The summed E-state index contributed by atoms with van der Waals surface area (Å²) in [6, 6.07) is 0.353. The number of hydrogen-bond acceptors (Lipinski definition) is 3. The first-order valence-corrected chi connectivity index (χ1v) is 5.16. The summed E-state index contributed by atoms with van der Waals surface area (Å²) in [5, 5.41) is 0. The number of nitrogens with two attached hydrogens (primary N) is 1. The minimum atomic E-state index is 0.353. The van der Waals surface area contributed by atoms with Crippen LogP contribution in [0, 0.1) is 0 Å². The Labute approximate surface area is 84.1 Å². The van der Waals surface area contributed by atoms with E-state index in [2.05, 4.69) is 16.5 Å². The van der Waals surface area contributed by atoms with Crippen molar-refractivity contribution in [3.8, 4) is 0 Å². The second kappa shape index (κ2) is 4.11. The van der Waals surface area contributed by atoms with E-state index in [-0.39, 0.29) is 0 Å². The van der Waals surface area contributed by atoms with Crippen LogP contribution in [-0.4, -0.2) is 21.7 Å². The van der Waals surface area contributed by atoms with Gasteiger partial charge in [-0.1, -0.05) is 0 Å². The minimum absolute atomic E-state index is 0.353. The van der Waals surface area contributed by atoms with Crippen LogP contribution >= 0.6 is 0 Å². The molecular formula is C10H17N3O. The summed E-state index contributed by atoms with van der Waals surface area (Å²) in [4.78, 5) is 4.24. The van der Waals surface area contributed by atoms with Gasteiger partial charge in [-0.15, -0.1) is 0 Å². The summed E-state index contributed by atoms with van der Waals surface area (Å²) < 4.78 is 7.77. The van der Waals surface area contributed by atoms with Gasteiger partial charge in [0.15, 0.2) is 0 Å². The molecule has 0 saturated heterocycles. The third-order valence-electron chi connectivity index (χ3n) is 2.72. The van der Waals surface area contributed by atoms with E-state index in [1.165, 1.54) is 0 Å². The van der Waals surface area contributed by atoms with E-state index in [0.717, 1.165) is 25.2 Å². The van der Waals surface area contributed by atoms with E-state index in [1.807, 2.05) is 12.4 Å². The second-order valence-electron chi connectivity index (χ2n) is 3.79. The fraction of sp³-hybridized carbons (Fsp3) is 0.700. The highest BCUT2D eigenvalue weighted by Crippen LogP contribution is 2.22. The molecule has 2 N–H and O–H groups in total. The number of aryl methyl sites for hydroxylation is 1. The van der Waals surface area contributed by atoms with Crippen LogP contribution < -0.4 is 5.73 Å². The minimum Gasteiger partial charge on any atom is -0.370 e. The highest BCUT2D eigenvalue weighted by molar-refractivity contribution is 4.91. The van der Waals surface area contributed by atoms with Gasteiger partial charge in [-0.05, 0) is 19.8 Å². The van der Waals surface area contributed by atoms with Gasteiger partial charge in [-0.3, -0.25) is 0 Å². The van der Waals surface area contributed by atoms with E-state index >= 15 is 0 Å². The zero-order valence-electron chi connectivity index (χ0n) is 8.52. The topological polar surface area (TPSA) is 53.1 Å². The van der Waals surface area contributed by atoms with Crippen molar-refractivity contribution in [2.24, 2.45) is 5.73 Å². The summed E-state index contributed by atoms with van der Waals surface area (Å²) in [6.07, 6.45) is 6.13. The van der Waals surface area contributed by atoms with Crippen molar-refractivity contribution in [2.75, 3.05) is 0 Å². The van der Waals surface area contributed by atoms with Gasteiger partial charge in [-0.2, -0.15) is 0 Å². The molecule has 1 aliphatic rings. The molecule has 0 aromatic carbocycles. The van der Waals surface area contributed by atoms with Gasteiger partial charge < -0.3 is 15.0 Å². The third kappa shape index (κ3) is 1.96. The third-order valence-corrected chi connectivity index (χ3v) is 2.72. The molecule has 2 rings (SSSR count). The van der Waals surface area contributed by atoms with Crippen molar-refractivity contribution in [1.29, 1.82) is 0 Å². The molecule has 1 aliphatic carbocycles. The maximum Gasteiger partial charge on any atom is 0.134 e. The highest BCUT2D eigenvalue weighted by Gasteiger charge is 2.26. The van der Waals surface area contributed by atoms with Crippen LogP contribution in [0.4, 0.5) is 0 Å². The van der Waals surface area contributed by atoms with Crippen LogP contribution in [-0.2, 0) is 17.9 Å². The normalized spacial score (nSPS) is 26.1. The van der Waals surface area contributed by atoms with Crippen LogP contribution in [0.3, 0.4) is 0 Å². The maximum absolute atomic E-state index is 5.67. The van der Waals surface area contributed by atoms with Crippen LogP contribution in [0.25, 0.3) is 0 Å². The molecule has 0 atom stereocenters. The Morgan fingerprint density at radius 3 is 3.07 bits per heavy atom. The zero-order valence-corrected chi connectivity index (χ0v) is 8.52. The lowest BCUT2D eigenvalue weighted by Gasteiger charge is -2.32. The smallest absolute Gasteiger partial charge is 0.134 e. The number of imidazole rings is 1. The molecule has 1 aromatic rings. The van der Waals surface area contributed by atoms with Gasteiger partial charge >= 0.3 is 0 Å². The number of aromatic nitrogens is 2. The monoisotopic (exact) mass is 195 g/mol. The van der Waals surface area contributed by atoms with E-state index in [4.69, 9.17) is 10.5 Å².